The Morgan fingerprint density at radius 2 is 1.58 bits per heavy atom. The van der Waals surface area contributed by atoms with E-state index in [2.05, 4.69) is 32.8 Å². The van der Waals surface area contributed by atoms with Gasteiger partial charge in [0.2, 0.25) is 0 Å². The minimum atomic E-state index is 0.547. The Labute approximate surface area is 214 Å². The van der Waals surface area contributed by atoms with Crippen molar-refractivity contribution in [1.82, 2.24) is 15.0 Å². The average Bonchev–Trinajstić information content (AvgIpc) is 3.34. The molecule has 0 atom stereocenters. The second-order valence-corrected chi connectivity index (χ2v) is 9.27. The largest absolute Gasteiger partial charge is 0.496 e. The van der Waals surface area contributed by atoms with Crippen molar-refractivity contribution < 1.29 is 18.7 Å². The number of hydrogen-bond acceptors (Lipinski definition) is 10. The van der Waals surface area contributed by atoms with Gasteiger partial charge in [0.25, 0.3) is 0 Å². The highest BCUT2D eigenvalue weighted by Gasteiger charge is 2.20. The molecule has 0 radical (unpaired) electrons. The third-order valence-corrected chi connectivity index (χ3v) is 7.15. The molecule has 0 aliphatic carbocycles. The summed E-state index contributed by atoms with van der Waals surface area (Å²) in [6.07, 6.45) is 0. The van der Waals surface area contributed by atoms with E-state index in [-0.39, 0.29) is 0 Å². The molecule has 2 aromatic carbocycles. The molecule has 0 amide bonds. The standard InChI is InChI=1S/C26H29N5O4S/c1-30-11-13-31(14-12-30)23-10-5-7-18(27-23)17-15-21(34-4)24-22(16-17)35-28-26(24)29-36-25-19(32-2)8-6-9-20(25)33-3/h5-10,15-16H,11-14H2,1-4H3,(H,28,29). The van der Waals surface area contributed by atoms with Crippen molar-refractivity contribution in [2.75, 3.05) is 64.2 Å². The van der Waals surface area contributed by atoms with Gasteiger partial charge in [0.1, 0.15) is 33.3 Å². The molecule has 1 saturated heterocycles. The van der Waals surface area contributed by atoms with Crippen LogP contribution in [0, 0.1) is 0 Å². The van der Waals surface area contributed by atoms with Crippen LogP contribution in [0.4, 0.5) is 11.6 Å². The van der Waals surface area contributed by atoms with Gasteiger partial charge >= 0.3 is 0 Å². The summed E-state index contributed by atoms with van der Waals surface area (Å²) in [5, 5.41) is 5.01. The number of nitrogens with zero attached hydrogens (tertiary/aromatic N) is 4. The quantitative estimate of drug-likeness (QED) is 0.336. The molecule has 0 saturated carbocycles. The van der Waals surface area contributed by atoms with Crippen molar-refractivity contribution >= 4 is 34.6 Å². The number of rotatable bonds is 8. The SMILES string of the molecule is COc1cccc(OC)c1SNc1noc2cc(-c3cccc(N4CCN(C)CC4)n3)cc(OC)c12. The number of nitrogens with one attached hydrogen (secondary N) is 1. The van der Waals surface area contributed by atoms with E-state index in [0.717, 1.165) is 53.5 Å². The molecule has 36 heavy (non-hydrogen) atoms. The Morgan fingerprint density at radius 3 is 2.28 bits per heavy atom. The highest BCUT2D eigenvalue weighted by atomic mass is 32.2. The molecule has 3 heterocycles. The van der Waals surface area contributed by atoms with Crippen LogP contribution in [-0.4, -0.2) is 69.6 Å². The van der Waals surface area contributed by atoms with Crippen molar-refractivity contribution in [3.8, 4) is 28.5 Å². The maximum absolute atomic E-state index is 5.75. The fraction of sp³-hybridized carbons (Fsp3) is 0.308. The predicted molar refractivity (Wildman–Crippen MR) is 143 cm³/mol. The van der Waals surface area contributed by atoms with Crippen LogP contribution in [0.25, 0.3) is 22.2 Å². The van der Waals surface area contributed by atoms with Gasteiger partial charge in [0.15, 0.2) is 11.4 Å². The van der Waals surface area contributed by atoms with Crippen LogP contribution in [0.2, 0.25) is 0 Å². The van der Waals surface area contributed by atoms with Crippen molar-refractivity contribution in [2.45, 2.75) is 4.90 Å². The van der Waals surface area contributed by atoms with E-state index in [1.165, 1.54) is 11.9 Å². The maximum atomic E-state index is 5.75. The van der Waals surface area contributed by atoms with Gasteiger partial charge in [-0.05, 0) is 55.4 Å². The van der Waals surface area contributed by atoms with E-state index in [1.807, 2.05) is 42.5 Å². The van der Waals surface area contributed by atoms with Gasteiger partial charge < -0.3 is 33.3 Å². The summed E-state index contributed by atoms with van der Waals surface area (Å²) in [6, 6.07) is 15.6. The van der Waals surface area contributed by atoms with Gasteiger partial charge in [-0.2, -0.15) is 0 Å². The lowest BCUT2D eigenvalue weighted by atomic mass is 10.1. The number of piperazine rings is 1. The van der Waals surface area contributed by atoms with Gasteiger partial charge in [-0.15, -0.1) is 0 Å². The smallest absolute Gasteiger partial charge is 0.191 e. The van der Waals surface area contributed by atoms with Crippen LogP contribution in [-0.2, 0) is 0 Å². The average molecular weight is 508 g/mol. The fourth-order valence-corrected chi connectivity index (χ4v) is 5.07. The molecule has 188 valence electrons. The summed E-state index contributed by atoms with van der Waals surface area (Å²) in [6.45, 7) is 3.97. The molecule has 10 heteroatoms. The molecule has 1 aliphatic rings. The predicted octanol–water partition coefficient (Wildman–Crippen LogP) is 4.79. The molecule has 1 fully saturated rings. The number of pyridine rings is 1. The lowest BCUT2D eigenvalue weighted by Gasteiger charge is -2.33. The zero-order chi connectivity index (χ0) is 25.1. The van der Waals surface area contributed by atoms with E-state index < -0.39 is 0 Å². The first-order valence-corrected chi connectivity index (χ1v) is 12.4. The zero-order valence-electron chi connectivity index (χ0n) is 20.8. The van der Waals surface area contributed by atoms with E-state index >= 15 is 0 Å². The number of aromatic nitrogens is 2. The van der Waals surface area contributed by atoms with Crippen LogP contribution in [0.15, 0.2) is 57.9 Å². The molecule has 9 nitrogen and oxygen atoms in total. The topological polar surface area (TPSA) is 85.1 Å². The summed E-state index contributed by atoms with van der Waals surface area (Å²) >= 11 is 1.33. The number of likely N-dealkylation sites (N-methyl/N-ethyl adjacent to an activating group) is 1. The van der Waals surface area contributed by atoms with E-state index in [4.69, 9.17) is 23.7 Å². The summed E-state index contributed by atoms with van der Waals surface area (Å²) in [5.41, 5.74) is 2.36. The normalized spacial score (nSPS) is 14.2. The molecule has 0 unspecified atom stereocenters. The second-order valence-electron chi connectivity index (χ2n) is 8.45. The monoisotopic (exact) mass is 507 g/mol. The maximum Gasteiger partial charge on any atom is 0.191 e. The summed E-state index contributed by atoms with van der Waals surface area (Å²) in [4.78, 5) is 10.4. The molecule has 0 bridgehead atoms. The molecule has 4 aromatic rings. The van der Waals surface area contributed by atoms with E-state index in [9.17, 15) is 0 Å². The Balaban J connectivity index is 1.44. The zero-order valence-corrected chi connectivity index (χ0v) is 21.6. The van der Waals surface area contributed by atoms with Gasteiger partial charge in [0.05, 0.1) is 27.0 Å². The molecule has 5 rings (SSSR count). The summed E-state index contributed by atoms with van der Waals surface area (Å²) in [5.74, 6) is 3.55. The van der Waals surface area contributed by atoms with Crippen LogP contribution in [0.1, 0.15) is 0 Å². The van der Waals surface area contributed by atoms with Gasteiger partial charge in [-0.1, -0.05) is 17.3 Å². The van der Waals surface area contributed by atoms with Gasteiger partial charge in [-0.25, -0.2) is 4.98 Å². The number of anilines is 2. The Kier molecular flexibility index (Phi) is 7.06. The lowest BCUT2D eigenvalue weighted by Crippen LogP contribution is -2.44. The Bertz CT molecular complexity index is 1330. The molecular weight excluding hydrogens is 478 g/mol. The third kappa shape index (κ3) is 4.74. The molecule has 1 aliphatic heterocycles. The third-order valence-electron chi connectivity index (χ3n) is 6.25. The lowest BCUT2D eigenvalue weighted by molar-refractivity contribution is 0.312. The summed E-state index contributed by atoms with van der Waals surface area (Å²) < 4.78 is 25.7. The summed E-state index contributed by atoms with van der Waals surface area (Å²) in [7, 11) is 7.04. The molecule has 0 spiro atoms. The van der Waals surface area contributed by atoms with Crippen LogP contribution in [0.5, 0.6) is 17.2 Å². The van der Waals surface area contributed by atoms with E-state index in [0.29, 0.717) is 28.6 Å². The first kappa shape index (κ1) is 24.1. The Morgan fingerprint density at radius 1 is 0.889 bits per heavy atom. The van der Waals surface area contributed by atoms with Crippen molar-refractivity contribution in [3.05, 3.63) is 48.5 Å². The van der Waals surface area contributed by atoms with Crippen LogP contribution >= 0.6 is 11.9 Å². The van der Waals surface area contributed by atoms with Crippen LogP contribution < -0.4 is 23.8 Å². The van der Waals surface area contributed by atoms with E-state index in [1.54, 1.807) is 21.3 Å². The number of hydrogen-bond donors (Lipinski definition) is 1. The van der Waals surface area contributed by atoms with Crippen molar-refractivity contribution in [1.29, 1.82) is 0 Å². The fourth-order valence-electron chi connectivity index (χ4n) is 4.23. The first-order chi connectivity index (χ1) is 17.6. The highest BCUT2D eigenvalue weighted by Crippen LogP contribution is 2.41. The van der Waals surface area contributed by atoms with Crippen molar-refractivity contribution in [2.24, 2.45) is 0 Å². The molecule has 1 N–H and O–H groups in total. The Hall–Kier alpha value is -3.63. The molecular formula is C26H29N5O4S. The molecule has 2 aromatic heterocycles. The number of benzene rings is 2. The minimum Gasteiger partial charge on any atom is -0.496 e. The number of ether oxygens (including phenoxy) is 3. The number of methoxy groups -OCH3 is 3. The number of fused-ring (bicyclic) bond motifs is 1. The van der Waals surface area contributed by atoms with Crippen molar-refractivity contribution in [3.63, 3.8) is 0 Å². The van der Waals surface area contributed by atoms with Crippen LogP contribution in [0.3, 0.4) is 0 Å². The minimum absolute atomic E-state index is 0.547. The van der Waals surface area contributed by atoms with Gasteiger partial charge in [-0.3, -0.25) is 0 Å². The second kappa shape index (κ2) is 10.5. The van der Waals surface area contributed by atoms with Gasteiger partial charge in [0, 0.05) is 31.7 Å². The highest BCUT2D eigenvalue weighted by molar-refractivity contribution is 8.00. The first-order valence-electron chi connectivity index (χ1n) is 11.6.